The molecule has 0 fully saturated rings. The van der Waals surface area contributed by atoms with Crippen LogP contribution in [0.3, 0.4) is 0 Å². The van der Waals surface area contributed by atoms with Gasteiger partial charge in [-0.15, -0.1) is 0 Å². The number of rotatable bonds is 10. The molecule has 5 nitrogen and oxygen atoms in total. The third kappa shape index (κ3) is 8.03. The highest BCUT2D eigenvalue weighted by Crippen LogP contribution is 2.19. The predicted molar refractivity (Wildman–Crippen MR) is 111 cm³/mol. The lowest BCUT2D eigenvalue weighted by Crippen LogP contribution is -2.21. The minimum absolute atomic E-state index is 0.112. The molecule has 2 rings (SSSR count). The molecule has 0 heterocycles. The summed E-state index contributed by atoms with van der Waals surface area (Å²) in [6, 6.07) is 15.0. The third-order valence-electron chi connectivity index (χ3n) is 3.59. The third-order valence-corrected chi connectivity index (χ3v) is 3.59. The number of carbonyl (C=O) groups is 1. The number of hydrogen-bond acceptors (Lipinski definition) is 4. The number of benzene rings is 2. The molecule has 0 saturated carbocycles. The van der Waals surface area contributed by atoms with E-state index in [2.05, 4.69) is 38.3 Å². The average molecular weight is 370 g/mol. The van der Waals surface area contributed by atoms with Crippen LogP contribution in [0, 0.1) is 11.8 Å². The molecule has 0 aliphatic heterocycles. The molecule has 2 aromatic carbocycles. The molecule has 0 aromatic heterocycles. The molecular formula is C22H30N2O3. The fourth-order valence-corrected chi connectivity index (χ4v) is 2.24. The van der Waals surface area contributed by atoms with Crippen molar-refractivity contribution in [1.82, 2.24) is 0 Å². The maximum atomic E-state index is 12.1. The Kier molecular flexibility index (Phi) is 7.99. The van der Waals surface area contributed by atoms with Crippen LogP contribution >= 0.6 is 0 Å². The number of carbonyl (C=O) groups excluding carboxylic acids is 1. The molecular weight excluding hydrogens is 340 g/mol. The second kappa shape index (κ2) is 10.5. The van der Waals surface area contributed by atoms with Gasteiger partial charge >= 0.3 is 0 Å². The lowest BCUT2D eigenvalue weighted by Gasteiger charge is -2.12. The first kappa shape index (κ1) is 20.6. The Labute approximate surface area is 162 Å². The van der Waals surface area contributed by atoms with Crippen LogP contribution in [0.5, 0.6) is 11.5 Å². The van der Waals surface area contributed by atoms with Crippen molar-refractivity contribution in [3.8, 4) is 11.5 Å². The summed E-state index contributed by atoms with van der Waals surface area (Å²) in [5.41, 5.74) is 1.59. The second-order valence-electron chi connectivity index (χ2n) is 7.36. The Hall–Kier alpha value is -2.69. The molecule has 0 unspecified atom stereocenters. The van der Waals surface area contributed by atoms with E-state index in [9.17, 15) is 4.79 Å². The van der Waals surface area contributed by atoms with E-state index in [4.69, 9.17) is 9.47 Å². The normalized spacial score (nSPS) is 10.7. The molecule has 0 aliphatic carbocycles. The van der Waals surface area contributed by atoms with Crippen LogP contribution in [0.15, 0.2) is 48.5 Å². The van der Waals surface area contributed by atoms with Gasteiger partial charge in [0.25, 0.3) is 0 Å². The molecule has 0 atom stereocenters. The summed E-state index contributed by atoms with van der Waals surface area (Å²) in [6.45, 7) is 9.95. The minimum Gasteiger partial charge on any atom is -0.493 e. The molecule has 146 valence electrons. The molecule has 27 heavy (non-hydrogen) atoms. The van der Waals surface area contributed by atoms with Crippen LogP contribution in [0.2, 0.25) is 0 Å². The van der Waals surface area contributed by atoms with Crippen LogP contribution in [-0.4, -0.2) is 25.7 Å². The van der Waals surface area contributed by atoms with Crippen molar-refractivity contribution in [2.75, 3.05) is 30.4 Å². The quantitative estimate of drug-likeness (QED) is 0.630. The van der Waals surface area contributed by atoms with Gasteiger partial charge in [0.15, 0.2) is 0 Å². The maximum Gasteiger partial charge on any atom is 0.243 e. The molecule has 0 aliphatic rings. The predicted octanol–water partition coefficient (Wildman–Crippen LogP) is 4.81. The number of ether oxygens (including phenoxy) is 2. The number of hydrogen-bond donors (Lipinski definition) is 2. The first-order valence-electron chi connectivity index (χ1n) is 9.42. The summed E-state index contributed by atoms with van der Waals surface area (Å²) in [5.74, 6) is 2.43. The zero-order chi connectivity index (χ0) is 19.6. The van der Waals surface area contributed by atoms with Gasteiger partial charge in [-0.1, -0.05) is 33.8 Å². The smallest absolute Gasteiger partial charge is 0.243 e. The van der Waals surface area contributed by atoms with Crippen molar-refractivity contribution in [3.63, 3.8) is 0 Å². The zero-order valence-electron chi connectivity index (χ0n) is 16.6. The molecule has 1 amide bonds. The van der Waals surface area contributed by atoms with Crippen LogP contribution in [-0.2, 0) is 4.79 Å². The van der Waals surface area contributed by atoms with Gasteiger partial charge in [-0.25, -0.2) is 0 Å². The van der Waals surface area contributed by atoms with Gasteiger partial charge in [-0.05, 0) is 48.2 Å². The van der Waals surface area contributed by atoms with E-state index in [0.29, 0.717) is 25.0 Å². The van der Waals surface area contributed by atoms with Crippen molar-refractivity contribution in [2.24, 2.45) is 11.8 Å². The summed E-state index contributed by atoms with van der Waals surface area (Å²) < 4.78 is 11.3. The largest absolute Gasteiger partial charge is 0.493 e. The molecule has 0 bridgehead atoms. The Morgan fingerprint density at radius 3 is 2.11 bits per heavy atom. The second-order valence-corrected chi connectivity index (χ2v) is 7.36. The fraction of sp³-hybridized carbons (Fsp3) is 0.409. The van der Waals surface area contributed by atoms with Gasteiger partial charge < -0.3 is 20.1 Å². The maximum absolute atomic E-state index is 12.1. The van der Waals surface area contributed by atoms with Crippen LogP contribution in [0.4, 0.5) is 11.4 Å². The van der Waals surface area contributed by atoms with Crippen molar-refractivity contribution in [3.05, 3.63) is 48.5 Å². The molecule has 0 saturated heterocycles. The highest BCUT2D eigenvalue weighted by atomic mass is 16.5. The van der Waals surface area contributed by atoms with Gasteiger partial charge in [0.1, 0.15) is 11.5 Å². The van der Waals surface area contributed by atoms with Crippen molar-refractivity contribution in [2.45, 2.75) is 27.7 Å². The Balaban J connectivity index is 1.79. The van der Waals surface area contributed by atoms with Crippen molar-refractivity contribution in [1.29, 1.82) is 0 Å². The van der Waals surface area contributed by atoms with Crippen molar-refractivity contribution >= 4 is 17.3 Å². The summed E-state index contributed by atoms with van der Waals surface area (Å²) in [7, 11) is 0. The lowest BCUT2D eigenvalue weighted by atomic mass is 10.2. The molecule has 2 N–H and O–H groups in total. The van der Waals surface area contributed by atoms with Gasteiger partial charge in [0, 0.05) is 17.4 Å². The SMILES string of the molecule is CC(C)COc1ccc(NC(=O)CNc2cccc(OCC(C)C)c2)cc1. The van der Waals surface area contributed by atoms with E-state index in [1.54, 1.807) is 0 Å². The Bertz CT molecular complexity index is 712. The van der Waals surface area contributed by atoms with E-state index in [0.717, 1.165) is 22.9 Å². The summed E-state index contributed by atoms with van der Waals surface area (Å²) in [6.07, 6.45) is 0. The monoisotopic (exact) mass is 370 g/mol. The summed E-state index contributed by atoms with van der Waals surface area (Å²) in [5, 5.41) is 5.99. The molecule has 0 spiro atoms. The van der Waals surface area contributed by atoms with Crippen LogP contribution < -0.4 is 20.1 Å². The van der Waals surface area contributed by atoms with Gasteiger partial charge in [0.05, 0.1) is 19.8 Å². The number of amides is 1. The Morgan fingerprint density at radius 1 is 0.852 bits per heavy atom. The topological polar surface area (TPSA) is 59.6 Å². The number of nitrogens with one attached hydrogen (secondary N) is 2. The fourth-order valence-electron chi connectivity index (χ4n) is 2.24. The minimum atomic E-state index is -0.112. The lowest BCUT2D eigenvalue weighted by molar-refractivity contribution is -0.114. The highest BCUT2D eigenvalue weighted by molar-refractivity contribution is 5.93. The van der Waals surface area contributed by atoms with E-state index in [1.807, 2.05) is 48.5 Å². The van der Waals surface area contributed by atoms with E-state index < -0.39 is 0 Å². The van der Waals surface area contributed by atoms with Gasteiger partial charge in [-0.2, -0.15) is 0 Å². The van der Waals surface area contributed by atoms with Crippen molar-refractivity contribution < 1.29 is 14.3 Å². The van der Waals surface area contributed by atoms with Crippen LogP contribution in [0.1, 0.15) is 27.7 Å². The molecule has 5 heteroatoms. The van der Waals surface area contributed by atoms with E-state index in [1.165, 1.54) is 0 Å². The van der Waals surface area contributed by atoms with E-state index >= 15 is 0 Å². The van der Waals surface area contributed by atoms with Gasteiger partial charge in [-0.3, -0.25) is 4.79 Å². The molecule has 2 aromatic rings. The summed E-state index contributed by atoms with van der Waals surface area (Å²) in [4.78, 5) is 12.1. The first-order valence-corrected chi connectivity index (χ1v) is 9.42. The standard InChI is InChI=1S/C22H30N2O3/c1-16(2)14-26-20-10-8-18(9-11-20)24-22(25)13-23-19-6-5-7-21(12-19)27-15-17(3)4/h5-12,16-17,23H,13-15H2,1-4H3,(H,24,25). The van der Waals surface area contributed by atoms with E-state index in [-0.39, 0.29) is 12.5 Å². The van der Waals surface area contributed by atoms with Gasteiger partial charge in [0.2, 0.25) is 5.91 Å². The molecule has 0 radical (unpaired) electrons. The van der Waals surface area contributed by atoms with Crippen LogP contribution in [0.25, 0.3) is 0 Å². The first-order chi connectivity index (χ1) is 12.9. The zero-order valence-corrected chi connectivity index (χ0v) is 16.6. The number of anilines is 2. The highest BCUT2D eigenvalue weighted by Gasteiger charge is 2.05. The Morgan fingerprint density at radius 2 is 1.48 bits per heavy atom. The summed E-state index contributed by atoms with van der Waals surface area (Å²) >= 11 is 0. The average Bonchev–Trinajstić information content (AvgIpc) is 2.64.